The first kappa shape index (κ1) is 9.35. The van der Waals surface area contributed by atoms with Gasteiger partial charge in [0.1, 0.15) is 0 Å². The Morgan fingerprint density at radius 1 is 1.00 bits per heavy atom. The average molecular weight is 276 g/mol. The predicted octanol–water partition coefficient (Wildman–Crippen LogP) is 1.94. The van der Waals surface area contributed by atoms with Crippen molar-refractivity contribution in [2.45, 2.75) is 16.6 Å². The van der Waals surface area contributed by atoms with E-state index in [1.165, 1.54) is 5.56 Å². The molecular weight excluding hydrogens is 266 g/mol. The van der Waals surface area contributed by atoms with Crippen molar-refractivity contribution in [3.8, 4) is 0 Å². The molecule has 0 aliphatic carbocycles. The van der Waals surface area contributed by atoms with Crippen LogP contribution in [0.15, 0.2) is 30.3 Å². The normalized spacial score (nSPS) is 10.5. The Balaban J connectivity index is 2.74. The molecule has 0 saturated heterocycles. The Bertz CT molecular complexity index is 192. The maximum absolute atomic E-state index is 3.07. The molecule has 0 aromatic heterocycles. The first-order valence-corrected chi connectivity index (χ1v) is 6.02. The second kappa shape index (κ2) is 5.00. The third-order valence-corrected chi connectivity index (χ3v) is 3.36. The molecule has 0 fully saturated rings. The van der Waals surface area contributed by atoms with Crippen LogP contribution in [0.4, 0.5) is 0 Å². The van der Waals surface area contributed by atoms with Gasteiger partial charge in [0.2, 0.25) is 0 Å². The molecule has 0 atom stereocenters. The summed E-state index contributed by atoms with van der Waals surface area (Å²) in [5, 5.41) is 2.19. The molecule has 0 aliphatic rings. The van der Waals surface area contributed by atoms with Gasteiger partial charge in [-0.25, -0.2) is 0 Å². The van der Waals surface area contributed by atoms with E-state index in [1.807, 2.05) is 0 Å². The Hall–Kier alpha value is 0.259. The van der Waals surface area contributed by atoms with E-state index in [1.54, 1.807) is 0 Å². The zero-order valence-electron chi connectivity index (χ0n) is 6.19. The molecule has 0 unspecified atom stereocenters. The molecule has 1 aromatic carbocycles. The molecule has 1 rings (SSSR count). The van der Waals surface area contributed by atoms with E-state index >= 15 is 0 Å². The summed E-state index contributed by atoms with van der Waals surface area (Å²) in [5.41, 5.74) is 1.42. The van der Waals surface area contributed by atoms with E-state index in [4.69, 9.17) is 0 Å². The molecule has 0 N–H and O–H groups in total. The molecule has 0 nitrogen and oxygen atoms in total. The van der Waals surface area contributed by atoms with Gasteiger partial charge in [-0.1, -0.05) is 0 Å². The van der Waals surface area contributed by atoms with Gasteiger partial charge in [0.15, 0.2) is 0 Å². The summed E-state index contributed by atoms with van der Waals surface area (Å²) in [6.07, 6.45) is 0. The minimum atomic E-state index is 0.649. The average Bonchev–Trinajstić information content (AvgIpc) is 2.09. The van der Waals surface area contributed by atoms with Gasteiger partial charge in [0, 0.05) is 0 Å². The summed E-state index contributed by atoms with van der Waals surface area (Å²) in [6, 6.07) is 10.6. The molecule has 0 heterocycles. The molecular formula is C9H10Se2. The van der Waals surface area contributed by atoms with Crippen LogP contribution in [-0.2, 0) is 0 Å². The molecule has 0 bridgehead atoms. The van der Waals surface area contributed by atoms with Crippen molar-refractivity contribution in [1.29, 1.82) is 0 Å². The van der Waals surface area contributed by atoms with E-state index in [9.17, 15) is 0 Å². The first-order chi connectivity index (χ1) is 5.38. The molecule has 0 amide bonds. The Labute approximate surface area is 84.4 Å². The van der Waals surface area contributed by atoms with Crippen LogP contribution in [0, 0.1) is 0 Å². The fourth-order valence-corrected chi connectivity index (χ4v) is 3.02. The van der Waals surface area contributed by atoms with E-state index in [0.29, 0.717) is 5.92 Å². The van der Waals surface area contributed by atoms with Gasteiger partial charge >= 0.3 is 84.5 Å². The van der Waals surface area contributed by atoms with Crippen LogP contribution >= 0.6 is 0 Å². The van der Waals surface area contributed by atoms with Crippen LogP contribution in [0.5, 0.6) is 0 Å². The Morgan fingerprint density at radius 3 is 2.00 bits per heavy atom. The topological polar surface area (TPSA) is 0 Å². The fourth-order valence-electron chi connectivity index (χ4n) is 0.966. The van der Waals surface area contributed by atoms with Gasteiger partial charge in [0.25, 0.3) is 0 Å². The van der Waals surface area contributed by atoms with Crippen LogP contribution in [0.2, 0.25) is 10.6 Å². The Kier molecular flexibility index (Phi) is 4.25. The third kappa shape index (κ3) is 2.65. The molecule has 0 spiro atoms. The van der Waals surface area contributed by atoms with Crippen LogP contribution in [0.3, 0.4) is 0 Å². The summed E-state index contributed by atoms with van der Waals surface area (Å²) in [7, 11) is 0. The summed E-state index contributed by atoms with van der Waals surface area (Å²) < 4.78 is 0. The van der Waals surface area contributed by atoms with Gasteiger partial charge in [-0.05, 0) is 0 Å². The van der Waals surface area contributed by atoms with Crippen LogP contribution in [-0.4, -0.2) is 32.0 Å². The molecule has 2 radical (unpaired) electrons. The summed E-state index contributed by atoms with van der Waals surface area (Å²) in [5.74, 6) is 0.649. The minimum absolute atomic E-state index is 0.649. The number of hydrogen-bond donors (Lipinski definition) is 0. The zero-order chi connectivity index (χ0) is 8.10. The first-order valence-electron chi connectivity index (χ1n) is 3.59. The number of hydrogen-bond acceptors (Lipinski definition) is 0. The SMILES string of the molecule is [Se]CC(C[Se])c1ccccc1. The number of benzene rings is 1. The van der Waals surface area contributed by atoms with Crippen molar-refractivity contribution in [3.05, 3.63) is 35.9 Å². The molecule has 1 aromatic rings. The predicted molar refractivity (Wildman–Crippen MR) is 50.3 cm³/mol. The van der Waals surface area contributed by atoms with Crippen molar-refractivity contribution in [2.75, 3.05) is 0 Å². The van der Waals surface area contributed by atoms with Crippen molar-refractivity contribution < 1.29 is 0 Å². The summed E-state index contributed by atoms with van der Waals surface area (Å²) in [6.45, 7) is 0. The molecule has 2 heteroatoms. The summed E-state index contributed by atoms with van der Waals surface area (Å²) in [4.78, 5) is 0. The Morgan fingerprint density at radius 2 is 1.55 bits per heavy atom. The third-order valence-electron chi connectivity index (χ3n) is 1.67. The van der Waals surface area contributed by atoms with Crippen LogP contribution in [0.1, 0.15) is 11.5 Å². The van der Waals surface area contributed by atoms with Crippen molar-refractivity contribution >= 4 is 32.0 Å². The second-order valence-corrected chi connectivity index (χ2v) is 3.84. The van der Waals surface area contributed by atoms with E-state index in [-0.39, 0.29) is 0 Å². The molecule has 0 aliphatic heterocycles. The van der Waals surface area contributed by atoms with Crippen molar-refractivity contribution in [2.24, 2.45) is 0 Å². The quantitative estimate of drug-likeness (QED) is 0.740. The van der Waals surface area contributed by atoms with Crippen LogP contribution < -0.4 is 0 Å². The summed E-state index contributed by atoms with van der Waals surface area (Å²) >= 11 is 6.14. The fraction of sp³-hybridized carbons (Fsp3) is 0.333. The zero-order valence-corrected chi connectivity index (χ0v) is 9.62. The standard InChI is InChI=1S/C9H10Se2/c10-6-9(7-11)8-4-2-1-3-5-8/h1-5,9H,6-7H2. The van der Waals surface area contributed by atoms with Gasteiger partial charge in [-0.2, -0.15) is 0 Å². The van der Waals surface area contributed by atoms with E-state index < -0.39 is 0 Å². The van der Waals surface area contributed by atoms with E-state index in [0.717, 1.165) is 10.6 Å². The van der Waals surface area contributed by atoms with E-state index in [2.05, 4.69) is 62.4 Å². The monoisotopic (exact) mass is 278 g/mol. The molecule has 0 saturated carbocycles. The van der Waals surface area contributed by atoms with Gasteiger partial charge < -0.3 is 0 Å². The van der Waals surface area contributed by atoms with Crippen molar-refractivity contribution in [3.63, 3.8) is 0 Å². The van der Waals surface area contributed by atoms with Gasteiger partial charge in [-0.3, -0.25) is 0 Å². The van der Waals surface area contributed by atoms with Gasteiger partial charge in [0.05, 0.1) is 0 Å². The van der Waals surface area contributed by atoms with Crippen LogP contribution in [0.25, 0.3) is 0 Å². The number of rotatable bonds is 3. The molecule has 11 heavy (non-hydrogen) atoms. The van der Waals surface area contributed by atoms with Gasteiger partial charge in [-0.15, -0.1) is 0 Å². The maximum atomic E-state index is 3.07. The van der Waals surface area contributed by atoms with Crippen molar-refractivity contribution in [1.82, 2.24) is 0 Å². The molecule has 58 valence electrons. The second-order valence-electron chi connectivity index (χ2n) is 2.44.